The van der Waals surface area contributed by atoms with Crippen molar-refractivity contribution >= 4 is 17.6 Å². The largest absolute Gasteiger partial charge is 0.483 e. The normalized spacial score (nSPS) is 12.4. The van der Waals surface area contributed by atoms with E-state index < -0.39 is 5.92 Å². The van der Waals surface area contributed by atoms with Gasteiger partial charge in [0.2, 0.25) is 0 Å². The fourth-order valence-corrected chi connectivity index (χ4v) is 2.00. The molecule has 0 unspecified atom stereocenters. The topological polar surface area (TPSA) is 77.0 Å². The van der Waals surface area contributed by atoms with Gasteiger partial charge in [-0.05, 0) is 38.8 Å². The van der Waals surface area contributed by atoms with Crippen molar-refractivity contribution < 1.29 is 19.1 Å². The molecule has 6 nitrogen and oxygen atoms in total. The maximum absolute atomic E-state index is 11.8. The van der Waals surface area contributed by atoms with Gasteiger partial charge in [0.25, 0.3) is 5.91 Å². The van der Waals surface area contributed by atoms with Gasteiger partial charge in [0.15, 0.2) is 6.61 Å². The molecule has 0 aromatic heterocycles. The molecule has 0 aliphatic heterocycles. The first-order chi connectivity index (χ1) is 11.0. The molecule has 0 fully saturated rings. The van der Waals surface area contributed by atoms with E-state index in [0.29, 0.717) is 24.5 Å². The Morgan fingerprint density at radius 2 is 1.96 bits per heavy atom. The molecule has 1 aromatic rings. The van der Waals surface area contributed by atoms with Crippen LogP contribution >= 0.6 is 0 Å². The first-order valence-corrected chi connectivity index (χ1v) is 7.67. The second-order valence-corrected chi connectivity index (χ2v) is 5.06. The van der Waals surface area contributed by atoms with Crippen LogP contribution in [-0.4, -0.2) is 30.8 Å². The summed E-state index contributed by atoms with van der Waals surface area (Å²) < 4.78 is 10.4. The Kier molecular flexibility index (Phi) is 7.80. The Balaban J connectivity index is 2.53. The number of aryl methyl sites for hydroxylation is 1. The number of nitrogens with zero attached hydrogens (tertiary/aromatic N) is 1. The van der Waals surface area contributed by atoms with Gasteiger partial charge >= 0.3 is 5.97 Å². The summed E-state index contributed by atoms with van der Waals surface area (Å²) in [5.41, 5.74) is 3.86. The van der Waals surface area contributed by atoms with Gasteiger partial charge < -0.3 is 9.47 Å². The standard InChI is InChI=1S/C17H24N2O4/c1-5-14(17(21)22-6-2)13(4)18-19-16(20)11-23-15-10-8-7-9-12(15)3/h7-10,14H,5-6,11H2,1-4H3,(H,19,20)/b18-13+/t14-/m0/s1. The van der Waals surface area contributed by atoms with E-state index in [4.69, 9.17) is 9.47 Å². The van der Waals surface area contributed by atoms with Crippen LogP contribution in [0.15, 0.2) is 29.4 Å². The van der Waals surface area contributed by atoms with Crippen LogP contribution < -0.4 is 10.2 Å². The molecule has 1 aromatic carbocycles. The fraction of sp³-hybridized carbons (Fsp3) is 0.471. The van der Waals surface area contributed by atoms with Crippen molar-refractivity contribution in [3.05, 3.63) is 29.8 Å². The molecule has 0 radical (unpaired) electrons. The Labute approximate surface area is 136 Å². The molecule has 0 aliphatic rings. The van der Waals surface area contributed by atoms with Crippen LogP contribution in [0.3, 0.4) is 0 Å². The third kappa shape index (κ3) is 6.10. The summed E-state index contributed by atoms with van der Waals surface area (Å²) in [4.78, 5) is 23.5. The molecule has 23 heavy (non-hydrogen) atoms. The second-order valence-electron chi connectivity index (χ2n) is 5.06. The van der Waals surface area contributed by atoms with E-state index in [2.05, 4.69) is 10.5 Å². The summed E-state index contributed by atoms with van der Waals surface area (Å²) in [6.07, 6.45) is 0.559. The molecular weight excluding hydrogens is 296 g/mol. The smallest absolute Gasteiger partial charge is 0.314 e. The Morgan fingerprint density at radius 3 is 2.57 bits per heavy atom. The molecule has 0 saturated heterocycles. The van der Waals surface area contributed by atoms with Gasteiger partial charge in [0, 0.05) is 5.71 Å². The second kappa shape index (κ2) is 9.61. The summed E-state index contributed by atoms with van der Waals surface area (Å²) in [7, 11) is 0. The number of benzene rings is 1. The van der Waals surface area contributed by atoms with E-state index in [1.807, 2.05) is 32.0 Å². The van der Waals surface area contributed by atoms with Crippen molar-refractivity contribution in [2.45, 2.75) is 34.1 Å². The number of para-hydroxylation sites is 1. The SMILES string of the molecule is CCOC(=O)[C@@H](CC)/C(C)=N/NC(=O)COc1ccccc1C. The van der Waals surface area contributed by atoms with Crippen LogP contribution in [0.1, 0.15) is 32.8 Å². The van der Waals surface area contributed by atoms with Crippen LogP contribution in [0.25, 0.3) is 0 Å². The third-order valence-corrected chi connectivity index (χ3v) is 3.29. The highest BCUT2D eigenvalue weighted by Crippen LogP contribution is 2.15. The zero-order chi connectivity index (χ0) is 17.2. The minimum atomic E-state index is -0.451. The number of carbonyl (C=O) groups excluding carboxylic acids is 2. The molecule has 6 heteroatoms. The number of rotatable bonds is 8. The summed E-state index contributed by atoms with van der Waals surface area (Å²) in [5, 5.41) is 3.97. The van der Waals surface area contributed by atoms with Crippen molar-refractivity contribution in [1.82, 2.24) is 5.43 Å². The maximum Gasteiger partial charge on any atom is 0.314 e. The predicted molar refractivity (Wildman–Crippen MR) is 88.3 cm³/mol. The monoisotopic (exact) mass is 320 g/mol. The highest BCUT2D eigenvalue weighted by Gasteiger charge is 2.21. The lowest BCUT2D eigenvalue weighted by Crippen LogP contribution is -2.29. The van der Waals surface area contributed by atoms with Gasteiger partial charge in [-0.15, -0.1) is 0 Å². The number of ether oxygens (including phenoxy) is 2. The average Bonchev–Trinajstić information content (AvgIpc) is 2.53. The predicted octanol–water partition coefficient (Wildman–Crippen LogP) is 2.46. The number of hydrazone groups is 1. The van der Waals surface area contributed by atoms with Crippen molar-refractivity contribution in [2.75, 3.05) is 13.2 Å². The molecule has 1 atom stereocenters. The molecule has 1 amide bonds. The molecule has 0 bridgehead atoms. The zero-order valence-electron chi connectivity index (χ0n) is 14.1. The van der Waals surface area contributed by atoms with Gasteiger partial charge in [-0.3, -0.25) is 9.59 Å². The number of amides is 1. The van der Waals surface area contributed by atoms with E-state index in [1.165, 1.54) is 0 Å². The summed E-state index contributed by atoms with van der Waals surface area (Å²) in [5.74, 6) is -0.512. The zero-order valence-corrected chi connectivity index (χ0v) is 14.1. The first kappa shape index (κ1) is 18.7. The van der Waals surface area contributed by atoms with Crippen molar-refractivity contribution in [2.24, 2.45) is 11.0 Å². The maximum atomic E-state index is 11.8. The Bertz CT molecular complexity index is 569. The van der Waals surface area contributed by atoms with Gasteiger partial charge in [0.05, 0.1) is 12.5 Å². The first-order valence-electron chi connectivity index (χ1n) is 7.67. The summed E-state index contributed by atoms with van der Waals surface area (Å²) >= 11 is 0. The lowest BCUT2D eigenvalue weighted by Gasteiger charge is -2.13. The highest BCUT2D eigenvalue weighted by molar-refractivity contribution is 6.01. The van der Waals surface area contributed by atoms with E-state index in [0.717, 1.165) is 5.56 Å². The molecule has 0 aliphatic carbocycles. The molecule has 1 N–H and O–H groups in total. The summed E-state index contributed by atoms with van der Waals surface area (Å²) in [6.45, 7) is 7.39. The lowest BCUT2D eigenvalue weighted by molar-refractivity contribution is -0.145. The van der Waals surface area contributed by atoms with E-state index >= 15 is 0 Å². The van der Waals surface area contributed by atoms with Crippen LogP contribution in [0.5, 0.6) is 5.75 Å². The molecule has 126 valence electrons. The fourth-order valence-electron chi connectivity index (χ4n) is 2.00. The summed E-state index contributed by atoms with van der Waals surface area (Å²) in [6, 6.07) is 7.44. The average molecular weight is 320 g/mol. The van der Waals surface area contributed by atoms with Crippen LogP contribution in [0.2, 0.25) is 0 Å². The van der Waals surface area contributed by atoms with Crippen molar-refractivity contribution in [3.63, 3.8) is 0 Å². The number of carbonyl (C=O) groups is 2. The van der Waals surface area contributed by atoms with E-state index in [1.54, 1.807) is 19.9 Å². The van der Waals surface area contributed by atoms with Gasteiger partial charge in [0.1, 0.15) is 5.75 Å². The molecule has 0 heterocycles. The molecule has 0 saturated carbocycles. The van der Waals surface area contributed by atoms with Crippen LogP contribution in [0, 0.1) is 12.8 Å². The quantitative estimate of drug-likeness (QED) is 0.453. The highest BCUT2D eigenvalue weighted by atomic mass is 16.5. The lowest BCUT2D eigenvalue weighted by atomic mass is 10.0. The Hall–Kier alpha value is -2.37. The number of nitrogens with one attached hydrogen (secondary N) is 1. The van der Waals surface area contributed by atoms with Gasteiger partial charge in [-0.1, -0.05) is 25.1 Å². The van der Waals surface area contributed by atoms with Crippen LogP contribution in [-0.2, 0) is 14.3 Å². The van der Waals surface area contributed by atoms with Gasteiger partial charge in [-0.25, -0.2) is 5.43 Å². The minimum absolute atomic E-state index is 0.141. The van der Waals surface area contributed by atoms with Gasteiger partial charge in [-0.2, -0.15) is 5.10 Å². The molecule has 1 rings (SSSR count). The van der Waals surface area contributed by atoms with Crippen LogP contribution in [0.4, 0.5) is 0 Å². The number of hydrogen-bond donors (Lipinski definition) is 1. The van der Waals surface area contributed by atoms with E-state index in [9.17, 15) is 9.59 Å². The Morgan fingerprint density at radius 1 is 1.26 bits per heavy atom. The minimum Gasteiger partial charge on any atom is -0.483 e. The van der Waals surface area contributed by atoms with E-state index in [-0.39, 0.29) is 18.5 Å². The molecular formula is C17H24N2O4. The van der Waals surface area contributed by atoms with Crippen molar-refractivity contribution in [3.8, 4) is 5.75 Å². The van der Waals surface area contributed by atoms with Crippen molar-refractivity contribution in [1.29, 1.82) is 0 Å². The molecule has 0 spiro atoms. The third-order valence-electron chi connectivity index (χ3n) is 3.29. The number of hydrogen-bond acceptors (Lipinski definition) is 5. The number of esters is 1.